The van der Waals surface area contributed by atoms with Gasteiger partial charge < -0.3 is 9.64 Å². The molecule has 2 aromatic rings. The van der Waals surface area contributed by atoms with Crippen LogP contribution in [0.2, 0.25) is 0 Å². The molecule has 0 bridgehead atoms. The average Bonchev–Trinajstić information content (AvgIpc) is 3.06. The minimum absolute atomic E-state index is 0.0616. The molecule has 0 saturated carbocycles. The Bertz CT molecular complexity index is 731. The van der Waals surface area contributed by atoms with Crippen LogP contribution in [-0.4, -0.2) is 24.0 Å². The lowest BCUT2D eigenvalue weighted by Crippen LogP contribution is -2.35. The van der Waals surface area contributed by atoms with Crippen LogP contribution < -0.4 is 0 Å². The fraction of sp³-hybridized carbons (Fsp3) is 0.381. The molecule has 0 unspecified atom stereocenters. The summed E-state index contributed by atoms with van der Waals surface area (Å²) in [6, 6.07) is 12.0. The number of likely N-dealkylation sites (tertiary alicyclic amines) is 1. The van der Waals surface area contributed by atoms with Gasteiger partial charge in [0.2, 0.25) is 5.91 Å². The van der Waals surface area contributed by atoms with Crippen LogP contribution in [0.5, 0.6) is 0 Å². The van der Waals surface area contributed by atoms with E-state index in [0.717, 1.165) is 24.0 Å². The molecule has 1 fully saturated rings. The van der Waals surface area contributed by atoms with Crippen LogP contribution in [0.3, 0.4) is 0 Å². The molecule has 0 spiro atoms. The lowest BCUT2D eigenvalue weighted by atomic mass is 9.94. The molecule has 1 aliphatic rings. The topological polar surface area (TPSA) is 29.5 Å². The van der Waals surface area contributed by atoms with Gasteiger partial charge >= 0.3 is 0 Å². The van der Waals surface area contributed by atoms with Crippen LogP contribution in [0.1, 0.15) is 49.5 Å². The summed E-state index contributed by atoms with van der Waals surface area (Å²) in [6.07, 6.45) is 1.67. The van der Waals surface area contributed by atoms with Crippen LogP contribution in [0, 0.1) is 11.6 Å². The molecule has 2 aromatic carbocycles. The minimum atomic E-state index is -0.442. The number of hydrogen-bond acceptors (Lipinski definition) is 2. The van der Waals surface area contributed by atoms with Crippen molar-refractivity contribution in [3.8, 4) is 0 Å². The van der Waals surface area contributed by atoms with Gasteiger partial charge in [-0.05, 0) is 48.2 Å². The highest BCUT2D eigenvalue weighted by Crippen LogP contribution is 2.39. The van der Waals surface area contributed by atoms with Gasteiger partial charge in [0.1, 0.15) is 17.7 Å². The van der Waals surface area contributed by atoms with Crippen LogP contribution in [-0.2, 0) is 9.53 Å². The predicted octanol–water partition coefficient (Wildman–Crippen LogP) is 4.80. The maximum atomic E-state index is 13.4. The number of benzene rings is 2. The lowest BCUT2D eigenvalue weighted by molar-refractivity contribution is -0.133. The molecule has 5 heteroatoms. The van der Waals surface area contributed by atoms with Crippen molar-refractivity contribution in [1.82, 2.24) is 4.90 Å². The Morgan fingerprint density at radius 2 is 1.58 bits per heavy atom. The maximum absolute atomic E-state index is 13.4. The van der Waals surface area contributed by atoms with Gasteiger partial charge in [0.05, 0.1) is 6.04 Å². The number of carbonyl (C=O) groups is 1. The van der Waals surface area contributed by atoms with E-state index in [0.29, 0.717) is 19.6 Å². The maximum Gasteiger partial charge on any atom is 0.223 e. The number of nitrogens with zero attached hydrogens (tertiary/aromatic N) is 1. The molecule has 138 valence electrons. The summed E-state index contributed by atoms with van der Waals surface area (Å²) in [6.45, 7) is 3.16. The van der Waals surface area contributed by atoms with Crippen LogP contribution in [0.25, 0.3) is 0 Å². The zero-order chi connectivity index (χ0) is 18.5. The monoisotopic (exact) mass is 359 g/mol. The summed E-state index contributed by atoms with van der Waals surface area (Å²) in [5, 5.41) is 0. The molecular formula is C21H23F2NO2. The minimum Gasteiger partial charge on any atom is -0.371 e. The third-order valence-corrected chi connectivity index (χ3v) is 4.64. The van der Waals surface area contributed by atoms with E-state index in [1.165, 1.54) is 24.3 Å². The quantitative estimate of drug-likeness (QED) is 0.711. The highest BCUT2D eigenvalue weighted by Gasteiger charge is 2.36. The summed E-state index contributed by atoms with van der Waals surface area (Å²) in [5.74, 6) is -0.585. The van der Waals surface area contributed by atoms with E-state index in [1.54, 1.807) is 29.2 Å². The van der Waals surface area contributed by atoms with Gasteiger partial charge in [-0.3, -0.25) is 4.79 Å². The second-order valence-electron chi connectivity index (χ2n) is 6.53. The molecule has 26 heavy (non-hydrogen) atoms. The third-order valence-electron chi connectivity index (χ3n) is 4.64. The Hall–Kier alpha value is -2.27. The normalized spacial score (nSPS) is 16.7. The first-order valence-electron chi connectivity index (χ1n) is 9.02. The molecule has 1 aliphatic heterocycles. The third kappa shape index (κ3) is 4.10. The van der Waals surface area contributed by atoms with E-state index < -0.39 is 6.10 Å². The number of amides is 1. The van der Waals surface area contributed by atoms with E-state index in [4.69, 9.17) is 4.74 Å². The number of ether oxygens (including phenoxy) is 1. The first-order chi connectivity index (χ1) is 12.6. The Balaban J connectivity index is 2.03. The van der Waals surface area contributed by atoms with Gasteiger partial charge in [0.15, 0.2) is 0 Å². The first-order valence-corrected chi connectivity index (χ1v) is 9.02. The zero-order valence-corrected chi connectivity index (χ0v) is 14.8. The highest BCUT2D eigenvalue weighted by molar-refractivity contribution is 5.78. The molecule has 0 N–H and O–H groups in total. The van der Waals surface area contributed by atoms with Crippen molar-refractivity contribution in [1.29, 1.82) is 0 Å². The van der Waals surface area contributed by atoms with Gasteiger partial charge in [0, 0.05) is 19.6 Å². The Labute approximate surface area is 152 Å². The molecular weight excluding hydrogens is 336 g/mol. The van der Waals surface area contributed by atoms with Crippen molar-refractivity contribution in [3.63, 3.8) is 0 Å². The summed E-state index contributed by atoms with van der Waals surface area (Å²) in [4.78, 5) is 14.3. The smallest absolute Gasteiger partial charge is 0.223 e. The Kier molecular flexibility index (Phi) is 5.99. The molecule has 0 aliphatic carbocycles. The average molecular weight is 359 g/mol. The molecule has 1 saturated heterocycles. The van der Waals surface area contributed by atoms with Crippen molar-refractivity contribution < 1.29 is 18.3 Å². The van der Waals surface area contributed by atoms with Crippen molar-refractivity contribution >= 4 is 5.91 Å². The van der Waals surface area contributed by atoms with Gasteiger partial charge in [-0.15, -0.1) is 0 Å². The molecule has 0 aromatic heterocycles. The molecule has 3 rings (SSSR count). The molecule has 0 radical (unpaired) electrons. The Morgan fingerprint density at radius 1 is 1.00 bits per heavy atom. The van der Waals surface area contributed by atoms with Gasteiger partial charge in [0.25, 0.3) is 0 Å². The number of halogens is 2. The van der Waals surface area contributed by atoms with E-state index >= 15 is 0 Å². The van der Waals surface area contributed by atoms with Crippen LogP contribution >= 0.6 is 0 Å². The number of carbonyl (C=O) groups excluding carboxylic acids is 1. The van der Waals surface area contributed by atoms with E-state index in [1.807, 2.05) is 6.92 Å². The standard InChI is InChI=1S/C21H23F2NO2/c1-2-14-26-21(16-7-11-18(23)12-8-16)20(24-13-3-4-19(24)25)15-5-9-17(22)10-6-15/h5-12,20-21H,2-4,13-14H2,1H3/t20-,21-/m1/s1. The van der Waals surface area contributed by atoms with E-state index in [2.05, 4.69) is 0 Å². The van der Waals surface area contributed by atoms with Crippen LogP contribution in [0.4, 0.5) is 8.78 Å². The van der Waals surface area contributed by atoms with Crippen LogP contribution in [0.15, 0.2) is 48.5 Å². The Morgan fingerprint density at radius 3 is 2.08 bits per heavy atom. The summed E-state index contributed by atoms with van der Waals surface area (Å²) in [5.41, 5.74) is 1.61. The lowest BCUT2D eigenvalue weighted by Gasteiger charge is -2.35. The molecule has 3 nitrogen and oxygen atoms in total. The number of hydrogen-bond donors (Lipinski definition) is 0. The molecule has 1 amide bonds. The summed E-state index contributed by atoms with van der Waals surface area (Å²) in [7, 11) is 0. The van der Waals surface area contributed by atoms with Crippen molar-refractivity contribution in [2.75, 3.05) is 13.2 Å². The largest absolute Gasteiger partial charge is 0.371 e. The van der Waals surface area contributed by atoms with Crippen molar-refractivity contribution in [2.24, 2.45) is 0 Å². The molecule has 1 heterocycles. The van der Waals surface area contributed by atoms with Crippen molar-refractivity contribution in [3.05, 3.63) is 71.3 Å². The number of rotatable bonds is 7. The second kappa shape index (κ2) is 8.41. The van der Waals surface area contributed by atoms with Gasteiger partial charge in [-0.1, -0.05) is 31.2 Å². The zero-order valence-electron chi connectivity index (χ0n) is 14.8. The summed E-state index contributed by atoms with van der Waals surface area (Å²) < 4.78 is 32.9. The van der Waals surface area contributed by atoms with E-state index in [-0.39, 0.29) is 23.6 Å². The fourth-order valence-corrected chi connectivity index (χ4v) is 3.41. The highest BCUT2D eigenvalue weighted by atomic mass is 19.1. The van der Waals surface area contributed by atoms with E-state index in [9.17, 15) is 13.6 Å². The van der Waals surface area contributed by atoms with Crippen molar-refractivity contribution in [2.45, 2.75) is 38.3 Å². The summed E-state index contributed by atoms with van der Waals surface area (Å²) >= 11 is 0. The van der Waals surface area contributed by atoms with Gasteiger partial charge in [-0.25, -0.2) is 8.78 Å². The SMILES string of the molecule is CCCO[C@H](c1ccc(F)cc1)[C@@H](c1ccc(F)cc1)N1CCCC1=O. The first kappa shape index (κ1) is 18.5. The fourth-order valence-electron chi connectivity index (χ4n) is 3.41. The second-order valence-corrected chi connectivity index (χ2v) is 6.53. The predicted molar refractivity (Wildman–Crippen MR) is 95.5 cm³/mol. The molecule has 2 atom stereocenters. The van der Waals surface area contributed by atoms with Gasteiger partial charge in [-0.2, -0.15) is 0 Å².